The van der Waals surface area contributed by atoms with E-state index in [1.165, 1.54) is 4.90 Å². The zero-order valence-electron chi connectivity index (χ0n) is 17.5. The molecule has 30 heavy (non-hydrogen) atoms. The number of hydrogen-bond donors (Lipinski definition) is 1. The van der Waals surface area contributed by atoms with Gasteiger partial charge in [-0.2, -0.15) is 0 Å². The van der Waals surface area contributed by atoms with Gasteiger partial charge in [-0.15, -0.1) is 0 Å². The lowest BCUT2D eigenvalue weighted by Gasteiger charge is -2.29. The quantitative estimate of drug-likeness (QED) is 0.816. The third kappa shape index (κ3) is 3.79. The first-order chi connectivity index (χ1) is 14.3. The first-order valence-electron chi connectivity index (χ1n) is 10.3. The number of carbonyl (C=O) groups is 2. The van der Waals surface area contributed by atoms with Crippen LogP contribution in [0.25, 0.3) is 11.1 Å². The number of likely N-dealkylation sites (tertiary alicyclic amines) is 1. The summed E-state index contributed by atoms with van der Waals surface area (Å²) in [5.74, 6) is -1.14. The van der Waals surface area contributed by atoms with Crippen molar-refractivity contribution in [3.8, 4) is 11.1 Å². The van der Waals surface area contributed by atoms with Crippen molar-refractivity contribution in [2.24, 2.45) is 0 Å². The van der Waals surface area contributed by atoms with Gasteiger partial charge in [0.1, 0.15) is 6.61 Å². The average Bonchev–Trinajstić information content (AvgIpc) is 3.24. The third-order valence-corrected chi connectivity index (χ3v) is 5.67. The minimum Gasteiger partial charge on any atom is -0.480 e. The Bertz CT molecular complexity index is 919. The van der Waals surface area contributed by atoms with Crippen LogP contribution < -0.4 is 0 Å². The summed E-state index contributed by atoms with van der Waals surface area (Å²) in [6.07, 6.45) is -0.689. The topological polar surface area (TPSA) is 76.1 Å². The third-order valence-electron chi connectivity index (χ3n) is 5.67. The van der Waals surface area contributed by atoms with Gasteiger partial charge >= 0.3 is 12.1 Å². The van der Waals surface area contributed by atoms with Gasteiger partial charge in [0.25, 0.3) is 0 Å². The number of hydrogen-bond acceptors (Lipinski definition) is 4. The largest absolute Gasteiger partial charge is 0.480 e. The molecule has 0 bridgehead atoms. The molecule has 1 N–H and O–H groups in total. The molecular formula is C24H27NO5. The molecule has 1 saturated heterocycles. The maximum absolute atomic E-state index is 12.8. The Labute approximate surface area is 176 Å². The Morgan fingerprint density at radius 2 is 1.60 bits per heavy atom. The van der Waals surface area contributed by atoms with Crippen LogP contribution in [-0.4, -0.2) is 53.0 Å². The summed E-state index contributed by atoms with van der Waals surface area (Å²) in [5.41, 5.74) is 4.05. The molecule has 158 valence electrons. The molecule has 2 aromatic rings. The maximum Gasteiger partial charge on any atom is 0.410 e. The van der Waals surface area contributed by atoms with Crippen LogP contribution in [0.1, 0.15) is 44.2 Å². The molecule has 0 radical (unpaired) electrons. The van der Waals surface area contributed by atoms with Crippen LogP contribution in [0.5, 0.6) is 0 Å². The van der Waals surface area contributed by atoms with E-state index in [2.05, 4.69) is 24.3 Å². The standard InChI is InChI=1S/C24H27NO5/c1-24(2,3)30-20-12-13-25(21(20)22(26)27)23(28)29-14-19-17-10-6-4-8-15(17)16-9-5-7-11-18(16)19/h4-11,19-21H,12-14H2,1-3H3,(H,26,27)/t20?,21-/m0/s1. The number of nitrogens with zero attached hydrogens (tertiary/aromatic N) is 1. The van der Waals surface area contributed by atoms with E-state index < -0.39 is 29.8 Å². The zero-order valence-corrected chi connectivity index (χ0v) is 17.5. The van der Waals surface area contributed by atoms with E-state index in [4.69, 9.17) is 9.47 Å². The predicted octanol–water partition coefficient (Wildman–Crippen LogP) is 4.28. The molecule has 1 unspecified atom stereocenters. The minimum absolute atomic E-state index is 0.0612. The summed E-state index contributed by atoms with van der Waals surface area (Å²) in [6.45, 7) is 6.10. The highest BCUT2D eigenvalue weighted by Crippen LogP contribution is 2.44. The van der Waals surface area contributed by atoms with Gasteiger partial charge in [0.15, 0.2) is 6.04 Å². The lowest BCUT2D eigenvalue weighted by molar-refractivity contribution is -0.149. The molecule has 2 aromatic carbocycles. The molecular weight excluding hydrogens is 382 g/mol. The number of carboxylic acid groups (broad SMARTS) is 1. The van der Waals surface area contributed by atoms with Crippen molar-refractivity contribution in [1.82, 2.24) is 4.90 Å². The van der Waals surface area contributed by atoms with Crippen molar-refractivity contribution in [2.75, 3.05) is 13.2 Å². The second-order valence-corrected chi connectivity index (χ2v) is 8.84. The molecule has 2 atom stereocenters. The van der Waals surface area contributed by atoms with Gasteiger partial charge in [0, 0.05) is 12.5 Å². The van der Waals surface area contributed by atoms with Crippen molar-refractivity contribution in [3.05, 3.63) is 59.7 Å². The normalized spacial score (nSPS) is 20.7. The Hall–Kier alpha value is -2.86. The number of aliphatic carboxylic acids is 1. The second kappa shape index (κ2) is 7.76. The van der Waals surface area contributed by atoms with E-state index in [1.54, 1.807) is 0 Å². The first kappa shape index (κ1) is 20.4. The van der Waals surface area contributed by atoms with E-state index in [0.29, 0.717) is 13.0 Å². The summed E-state index contributed by atoms with van der Waals surface area (Å²) < 4.78 is 11.5. The van der Waals surface area contributed by atoms with Crippen LogP contribution >= 0.6 is 0 Å². The second-order valence-electron chi connectivity index (χ2n) is 8.84. The van der Waals surface area contributed by atoms with Gasteiger partial charge in [-0.3, -0.25) is 4.90 Å². The van der Waals surface area contributed by atoms with Crippen LogP contribution in [0.15, 0.2) is 48.5 Å². The monoisotopic (exact) mass is 409 g/mol. The van der Waals surface area contributed by atoms with E-state index in [-0.39, 0.29) is 12.5 Å². The highest BCUT2D eigenvalue weighted by atomic mass is 16.6. The number of ether oxygens (including phenoxy) is 2. The number of fused-ring (bicyclic) bond motifs is 3. The molecule has 1 aliphatic carbocycles. The lowest BCUT2D eigenvalue weighted by Crippen LogP contribution is -2.47. The number of rotatable bonds is 4. The van der Waals surface area contributed by atoms with Crippen molar-refractivity contribution in [3.63, 3.8) is 0 Å². The fraction of sp³-hybridized carbons (Fsp3) is 0.417. The van der Waals surface area contributed by atoms with Crippen molar-refractivity contribution in [1.29, 1.82) is 0 Å². The van der Waals surface area contributed by atoms with Crippen LogP contribution in [0, 0.1) is 0 Å². The van der Waals surface area contributed by atoms with E-state index >= 15 is 0 Å². The summed E-state index contributed by atoms with van der Waals surface area (Å²) in [6, 6.07) is 15.2. The molecule has 1 amide bonds. The molecule has 2 aliphatic rings. The Balaban J connectivity index is 1.49. The van der Waals surface area contributed by atoms with Crippen LogP contribution in [-0.2, 0) is 14.3 Å². The van der Waals surface area contributed by atoms with E-state index in [1.807, 2.05) is 45.0 Å². The lowest BCUT2D eigenvalue weighted by atomic mass is 9.98. The Morgan fingerprint density at radius 1 is 1.03 bits per heavy atom. The van der Waals surface area contributed by atoms with Gasteiger partial charge in [-0.1, -0.05) is 48.5 Å². The number of carbonyl (C=O) groups excluding carboxylic acids is 1. The smallest absolute Gasteiger partial charge is 0.410 e. The number of carboxylic acids is 1. The summed E-state index contributed by atoms with van der Waals surface area (Å²) in [5, 5.41) is 9.71. The van der Waals surface area contributed by atoms with E-state index in [9.17, 15) is 14.7 Å². The fourth-order valence-electron chi connectivity index (χ4n) is 4.52. The van der Waals surface area contributed by atoms with Gasteiger partial charge in [-0.25, -0.2) is 9.59 Å². The van der Waals surface area contributed by atoms with E-state index in [0.717, 1.165) is 22.3 Å². The van der Waals surface area contributed by atoms with Crippen LogP contribution in [0.3, 0.4) is 0 Å². The first-order valence-corrected chi connectivity index (χ1v) is 10.3. The van der Waals surface area contributed by atoms with Gasteiger partial charge in [0.2, 0.25) is 0 Å². The summed E-state index contributed by atoms with van der Waals surface area (Å²) in [4.78, 5) is 26.0. The molecule has 0 spiro atoms. The highest BCUT2D eigenvalue weighted by molar-refractivity contribution is 5.82. The summed E-state index contributed by atoms with van der Waals surface area (Å²) >= 11 is 0. The van der Waals surface area contributed by atoms with Crippen LogP contribution in [0.2, 0.25) is 0 Å². The Kier molecular flexibility index (Phi) is 5.28. The SMILES string of the molecule is CC(C)(C)OC1CCN(C(=O)OCC2c3ccccc3-c3ccccc32)[C@@H]1C(=O)O. The van der Waals surface area contributed by atoms with Gasteiger partial charge < -0.3 is 14.6 Å². The minimum atomic E-state index is -1.07. The molecule has 0 aromatic heterocycles. The molecule has 1 aliphatic heterocycles. The van der Waals surface area contributed by atoms with Crippen LogP contribution in [0.4, 0.5) is 4.79 Å². The summed E-state index contributed by atoms with van der Waals surface area (Å²) in [7, 11) is 0. The van der Waals surface area contributed by atoms with Crippen molar-refractivity contribution >= 4 is 12.1 Å². The maximum atomic E-state index is 12.8. The number of amides is 1. The van der Waals surface area contributed by atoms with Gasteiger partial charge in [0.05, 0.1) is 11.7 Å². The van der Waals surface area contributed by atoms with Crippen molar-refractivity contribution in [2.45, 2.75) is 50.9 Å². The zero-order chi connectivity index (χ0) is 21.5. The molecule has 6 heteroatoms. The highest BCUT2D eigenvalue weighted by Gasteiger charge is 2.45. The molecule has 6 nitrogen and oxygen atoms in total. The van der Waals surface area contributed by atoms with Crippen molar-refractivity contribution < 1.29 is 24.2 Å². The fourth-order valence-corrected chi connectivity index (χ4v) is 4.52. The predicted molar refractivity (Wildman–Crippen MR) is 112 cm³/mol. The molecule has 1 heterocycles. The van der Waals surface area contributed by atoms with Gasteiger partial charge in [-0.05, 0) is 49.4 Å². The Morgan fingerprint density at radius 3 is 2.13 bits per heavy atom. The molecule has 4 rings (SSSR count). The molecule has 1 fully saturated rings. The number of benzene rings is 2. The molecule has 0 saturated carbocycles. The average molecular weight is 409 g/mol.